The first-order valence-corrected chi connectivity index (χ1v) is 13.5. The Kier molecular flexibility index (Phi) is 8.01. The molecule has 3 aromatic rings. The minimum Gasteiger partial charge on any atom is -0.355 e. The maximum Gasteiger partial charge on any atom is 0.248 e. The van der Waals surface area contributed by atoms with Crippen LogP contribution in [0, 0.1) is 18.7 Å². The van der Waals surface area contributed by atoms with E-state index in [-0.39, 0.29) is 41.3 Å². The fourth-order valence-electron chi connectivity index (χ4n) is 4.45. The molecule has 0 N–H and O–H groups in total. The molecule has 0 unspecified atom stereocenters. The van der Waals surface area contributed by atoms with Crippen molar-refractivity contribution in [3.8, 4) is 0 Å². The van der Waals surface area contributed by atoms with Crippen LogP contribution in [0.5, 0.6) is 0 Å². The van der Waals surface area contributed by atoms with Crippen LogP contribution in [0.1, 0.15) is 42.3 Å². The van der Waals surface area contributed by atoms with Crippen molar-refractivity contribution in [3.05, 3.63) is 83.0 Å². The Balaban J connectivity index is 1.45. The van der Waals surface area contributed by atoms with Crippen LogP contribution in [0.15, 0.2) is 64.0 Å². The van der Waals surface area contributed by atoms with Crippen LogP contribution in [0.4, 0.5) is 4.39 Å². The van der Waals surface area contributed by atoms with Crippen molar-refractivity contribution in [2.75, 3.05) is 19.6 Å². The van der Waals surface area contributed by atoms with E-state index in [2.05, 4.69) is 5.16 Å². The summed E-state index contributed by atoms with van der Waals surface area (Å²) in [5.74, 6) is -0.555. The molecule has 2 heterocycles. The number of piperidine rings is 1. The lowest BCUT2D eigenvalue weighted by atomic mass is 9.96. The second-order valence-corrected chi connectivity index (χ2v) is 10.7. The first-order chi connectivity index (χ1) is 17.3. The molecule has 190 valence electrons. The van der Waals surface area contributed by atoms with E-state index in [9.17, 15) is 17.6 Å². The predicted molar refractivity (Wildman–Crippen MR) is 136 cm³/mol. The van der Waals surface area contributed by atoms with Gasteiger partial charge in [0.2, 0.25) is 15.9 Å². The summed E-state index contributed by atoms with van der Waals surface area (Å²) in [5.41, 5.74) is 1.61. The number of hydrogen-bond acceptors (Lipinski definition) is 5. The van der Waals surface area contributed by atoms with Crippen molar-refractivity contribution in [3.63, 3.8) is 0 Å². The molecule has 1 aliphatic heterocycles. The van der Waals surface area contributed by atoms with Crippen molar-refractivity contribution in [2.45, 2.75) is 38.1 Å². The van der Waals surface area contributed by atoms with Gasteiger partial charge in [-0.3, -0.25) is 4.79 Å². The van der Waals surface area contributed by atoms with Gasteiger partial charge in [0.05, 0.1) is 0 Å². The number of hydrogen-bond donors (Lipinski definition) is 0. The van der Waals surface area contributed by atoms with Gasteiger partial charge in [0.25, 0.3) is 0 Å². The van der Waals surface area contributed by atoms with Crippen LogP contribution >= 0.6 is 0 Å². The third-order valence-electron chi connectivity index (χ3n) is 6.46. The molecule has 0 saturated carbocycles. The van der Waals surface area contributed by atoms with Gasteiger partial charge in [0, 0.05) is 37.7 Å². The van der Waals surface area contributed by atoms with E-state index in [0.717, 1.165) is 5.56 Å². The Morgan fingerprint density at radius 2 is 1.78 bits per heavy atom. The average molecular weight is 512 g/mol. The zero-order chi connectivity index (χ0) is 25.7. The number of sulfonamides is 1. The molecule has 0 aliphatic carbocycles. The lowest BCUT2D eigenvalue weighted by Gasteiger charge is -2.33. The largest absolute Gasteiger partial charge is 0.355 e. The predicted octanol–water partition coefficient (Wildman–Crippen LogP) is 4.74. The number of carbonyl (C=O) groups is 1. The Morgan fingerprint density at radius 3 is 2.44 bits per heavy atom. The number of amides is 1. The van der Waals surface area contributed by atoms with Crippen molar-refractivity contribution in [2.24, 2.45) is 5.92 Å². The second-order valence-electron chi connectivity index (χ2n) is 8.83. The third-order valence-corrected chi connectivity index (χ3v) is 8.52. The summed E-state index contributed by atoms with van der Waals surface area (Å²) < 4.78 is 47.6. The van der Waals surface area contributed by atoms with Crippen LogP contribution in [0.25, 0.3) is 12.2 Å². The highest BCUT2D eigenvalue weighted by atomic mass is 32.2. The van der Waals surface area contributed by atoms with E-state index in [0.29, 0.717) is 31.5 Å². The van der Waals surface area contributed by atoms with Gasteiger partial charge in [-0.15, -0.1) is 0 Å². The Morgan fingerprint density at radius 1 is 1.11 bits per heavy atom. The minimum atomic E-state index is -3.91. The molecule has 0 atom stereocenters. The zero-order valence-corrected chi connectivity index (χ0v) is 21.2. The number of benzene rings is 2. The minimum absolute atomic E-state index is 0.0286. The first-order valence-electron chi connectivity index (χ1n) is 12.0. The van der Waals surface area contributed by atoms with E-state index >= 15 is 0 Å². The quantitative estimate of drug-likeness (QED) is 0.436. The first kappa shape index (κ1) is 25.8. The molecule has 2 aromatic carbocycles. The summed E-state index contributed by atoms with van der Waals surface area (Å²) in [6.45, 7) is 5.09. The average Bonchev–Trinajstić information content (AvgIpc) is 3.28. The van der Waals surface area contributed by atoms with Crippen molar-refractivity contribution >= 4 is 28.1 Å². The SMILES string of the molecule is CCN(Cc1ccccc1)C(=O)C1CCN(S(=O)(=O)c2c(C)noc2C=Cc2ccccc2F)CC1. The highest BCUT2D eigenvalue weighted by Gasteiger charge is 2.36. The highest BCUT2D eigenvalue weighted by molar-refractivity contribution is 7.89. The van der Waals surface area contributed by atoms with Crippen LogP contribution in [0.2, 0.25) is 0 Å². The Hall–Kier alpha value is -3.30. The monoisotopic (exact) mass is 511 g/mol. The number of aryl methyl sites for hydroxylation is 1. The van der Waals surface area contributed by atoms with Gasteiger partial charge >= 0.3 is 0 Å². The molecule has 0 radical (unpaired) electrons. The Bertz CT molecular complexity index is 1330. The summed E-state index contributed by atoms with van der Waals surface area (Å²) in [7, 11) is -3.91. The Labute approximate surface area is 211 Å². The van der Waals surface area contributed by atoms with Crippen molar-refractivity contribution in [1.29, 1.82) is 0 Å². The van der Waals surface area contributed by atoms with Crippen LogP contribution < -0.4 is 0 Å². The molecule has 9 heteroatoms. The van der Waals surface area contributed by atoms with Crippen molar-refractivity contribution < 1.29 is 22.1 Å². The molecule has 1 saturated heterocycles. The molecule has 36 heavy (non-hydrogen) atoms. The highest BCUT2D eigenvalue weighted by Crippen LogP contribution is 2.30. The number of nitrogens with zero attached hydrogens (tertiary/aromatic N) is 3. The van der Waals surface area contributed by atoms with Gasteiger partial charge in [0.1, 0.15) is 11.5 Å². The smallest absolute Gasteiger partial charge is 0.248 e. The number of carbonyl (C=O) groups excluding carboxylic acids is 1. The molecule has 1 aliphatic rings. The van der Waals surface area contributed by atoms with Crippen LogP contribution in [0.3, 0.4) is 0 Å². The molecular formula is C27H30FN3O4S. The fourth-order valence-corrected chi connectivity index (χ4v) is 6.17. The summed E-state index contributed by atoms with van der Waals surface area (Å²) in [4.78, 5) is 15.0. The number of aromatic nitrogens is 1. The van der Waals surface area contributed by atoms with Gasteiger partial charge in [-0.25, -0.2) is 12.8 Å². The van der Waals surface area contributed by atoms with Gasteiger partial charge < -0.3 is 9.42 Å². The molecule has 0 spiro atoms. The number of halogens is 1. The van der Waals surface area contributed by atoms with E-state index < -0.39 is 15.8 Å². The third kappa shape index (κ3) is 5.57. The molecule has 7 nitrogen and oxygen atoms in total. The molecular weight excluding hydrogens is 481 g/mol. The van der Waals surface area contributed by atoms with Gasteiger partial charge in [-0.2, -0.15) is 4.31 Å². The van der Waals surface area contributed by atoms with Crippen LogP contribution in [-0.2, 0) is 21.4 Å². The van der Waals surface area contributed by atoms with E-state index in [1.54, 1.807) is 25.1 Å². The summed E-state index contributed by atoms with van der Waals surface area (Å²) in [6, 6.07) is 16.0. The topological polar surface area (TPSA) is 83.7 Å². The molecule has 1 amide bonds. The second kappa shape index (κ2) is 11.2. The normalized spacial score (nSPS) is 15.4. The maximum absolute atomic E-state index is 14.0. The molecule has 1 aromatic heterocycles. The lowest BCUT2D eigenvalue weighted by molar-refractivity contribution is -0.137. The fraction of sp³-hybridized carbons (Fsp3) is 0.333. The summed E-state index contributed by atoms with van der Waals surface area (Å²) in [6.07, 6.45) is 3.76. The van der Waals surface area contributed by atoms with Crippen molar-refractivity contribution in [1.82, 2.24) is 14.4 Å². The van der Waals surface area contributed by atoms with Crippen LogP contribution in [-0.4, -0.2) is 48.3 Å². The van der Waals surface area contributed by atoms with Gasteiger partial charge in [-0.05, 0) is 50.5 Å². The standard InChI is InChI=1S/C27H30FN3O4S/c1-3-30(19-21-9-5-4-6-10-21)27(32)23-15-17-31(18-16-23)36(33,34)26-20(2)29-35-25(26)14-13-22-11-7-8-12-24(22)28/h4-14,23H,3,15-19H2,1-2H3. The summed E-state index contributed by atoms with van der Waals surface area (Å²) in [5, 5.41) is 3.84. The molecule has 4 rings (SSSR count). The van der Waals surface area contributed by atoms with Gasteiger partial charge in [0.15, 0.2) is 10.7 Å². The van der Waals surface area contributed by atoms with E-state index in [1.165, 1.54) is 22.5 Å². The van der Waals surface area contributed by atoms with Gasteiger partial charge in [-0.1, -0.05) is 53.7 Å². The maximum atomic E-state index is 14.0. The molecule has 0 bridgehead atoms. The van der Waals surface area contributed by atoms with E-state index in [4.69, 9.17) is 4.52 Å². The van der Waals surface area contributed by atoms with E-state index in [1.807, 2.05) is 42.2 Å². The molecule has 1 fully saturated rings. The lowest BCUT2D eigenvalue weighted by Crippen LogP contribution is -2.44. The summed E-state index contributed by atoms with van der Waals surface area (Å²) >= 11 is 0. The number of rotatable bonds is 8. The zero-order valence-electron chi connectivity index (χ0n) is 20.4.